The van der Waals surface area contributed by atoms with Gasteiger partial charge in [0.1, 0.15) is 0 Å². The highest BCUT2D eigenvalue weighted by Crippen LogP contribution is 2.70. The van der Waals surface area contributed by atoms with E-state index in [1.807, 2.05) is 13.8 Å². The number of carbonyl (C=O) groups excluding carboxylic acids is 1. The van der Waals surface area contributed by atoms with Gasteiger partial charge in [-0.15, -0.1) is 0 Å². The average Bonchev–Trinajstić information content (AvgIpc) is 3.02. The number of aliphatic hydroxyl groups excluding tert-OH is 1. The molecule has 4 heteroatoms. The summed E-state index contributed by atoms with van der Waals surface area (Å²) < 4.78 is 12.8. The van der Waals surface area contributed by atoms with E-state index in [4.69, 9.17) is 9.47 Å². The molecule has 4 aliphatic carbocycles. The van der Waals surface area contributed by atoms with E-state index in [0.29, 0.717) is 17.8 Å². The van der Waals surface area contributed by atoms with Crippen LogP contribution < -0.4 is 0 Å². The van der Waals surface area contributed by atoms with Crippen LogP contribution in [0.4, 0.5) is 0 Å². The zero-order valence-corrected chi connectivity index (χ0v) is 18.1. The smallest absolute Gasteiger partial charge is 0.164 e. The molecule has 28 heavy (non-hydrogen) atoms. The zero-order valence-electron chi connectivity index (χ0n) is 18.1. The van der Waals surface area contributed by atoms with Crippen LogP contribution in [0.25, 0.3) is 0 Å². The maximum atomic E-state index is 13.0. The van der Waals surface area contributed by atoms with Crippen LogP contribution in [0.3, 0.4) is 0 Å². The predicted molar refractivity (Wildman–Crippen MR) is 107 cm³/mol. The molecular formula is C24H36O4. The molecular weight excluding hydrogens is 352 g/mol. The zero-order chi connectivity index (χ0) is 20.1. The van der Waals surface area contributed by atoms with Crippen molar-refractivity contribution in [2.24, 2.45) is 28.6 Å². The minimum atomic E-state index is -0.792. The number of hydrogen-bond acceptors (Lipinski definition) is 4. The topological polar surface area (TPSA) is 55.8 Å². The largest absolute Gasteiger partial charge is 0.393 e. The summed E-state index contributed by atoms with van der Waals surface area (Å²) in [4.78, 5) is 13.0. The SMILES string of the molecule is CC(=O)C12OC(C)(C)OC1CC1C3CC=C4CC(O)CCC4(C)C3CCC12C. The summed E-state index contributed by atoms with van der Waals surface area (Å²) in [5.74, 6) is 1.14. The van der Waals surface area contributed by atoms with Crippen molar-refractivity contribution < 1.29 is 19.4 Å². The lowest BCUT2D eigenvalue weighted by molar-refractivity contribution is -0.213. The van der Waals surface area contributed by atoms with Gasteiger partial charge in [0.2, 0.25) is 0 Å². The summed E-state index contributed by atoms with van der Waals surface area (Å²) in [7, 11) is 0. The predicted octanol–water partition coefficient (Wildman–Crippen LogP) is 4.40. The molecule has 0 aromatic carbocycles. The molecule has 0 aromatic heterocycles. The van der Waals surface area contributed by atoms with E-state index in [2.05, 4.69) is 19.9 Å². The standard InChI is InChI=1S/C24H36O4/c1-14(25)24-20(27-21(2,3)28-24)13-19-17-7-6-15-12-16(26)8-10-22(15,4)18(17)9-11-23(19,24)5/h6,16-20,26H,7-13H2,1-5H3. The van der Waals surface area contributed by atoms with Crippen LogP contribution in [-0.2, 0) is 14.3 Å². The van der Waals surface area contributed by atoms with Crippen LogP contribution in [-0.4, -0.2) is 34.5 Å². The van der Waals surface area contributed by atoms with Gasteiger partial charge in [-0.05, 0) is 88.9 Å². The maximum absolute atomic E-state index is 13.0. The highest BCUT2D eigenvalue weighted by Gasteiger charge is 2.74. The van der Waals surface area contributed by atoms with Crippen molar-refractivity contribution in [3.63, 3.8) is 0 Å². The van der Waals surface area contributed by atoms with Gasteiger partial charge in [-0.2, -0.15) is 0 Å². The lowest BCUT2D eigenvalue weighted by Gasteiger charge is -2.59. The number of rotatable bonds is 1. The number of ether oxygens (including phenoxy) is 2. The third-order valence-corrected chi connectivity index (χ3v) is 9.59. The fraction of sp³-hybridized carbons (Fsp3) is 0.875. The number of carbonyl (C=O) groups is 1. The minimum Gasteiger partial charge on any atom is -0.393 e. The Hall–Kier alpha value is -0.710. The quantitative estimate of drug-likeness (QED) is 0.677. The number of ketones is 1. The van der Waals surface area contributed by atoms with Gasteiger partial charge in [-0.25, -0.2) is 0 Å². The lowest BCUT2D eigenvalue weighted by atomic mass is 9.46. The Morgan fingerprint density at radius 3 is 2.61 bits per heavy atom. The third kappa shape index (κ3) is 2.20. The first kappa shape index (κ1) is 19.3. The molecule has 5 rings (SSSR count). The molecule has 3 saturated carbocycles. The van der Waals surface area contributed by atoms with Crippen LogP contribution in [0.15, 0.2) is 11.6 Å². The van der Waals surface area contributed by atoms with Gasteiger partial charge in [0.25, 0.3) is 0 Å². The second-order valence-electron chi connectivity index (χ2n) is 11.2. The summed E-state index contributed by atoms with van der Waals surface area (Å²) in [5, 5.41) is 10.2. The number of Topliss-reactive ketones (excluding diaryl/α,β-unsaturated/α-hetero) is 1. The number of fused-ring (bicyclic) bond motifs is 7. The Balaban J connectivity index is 1.54. The Kier molecular flexibility index (Phi) is 3.93. The molecule has 4 nitrogen and oxygen atoms in total. The molecule has 5 aliphatic rings. The van der Waals surface area contributed by atoms with Gasteiger partial charge in [0.05, 0.1) is 12.2 Å². The summed E-state index contributed by atoms with van der Waals surface area (Å²) in [6.07, 6.45) is 9.19. The number of aliphatic hydroxyl groups is 1. The fourth-order valence-corrected chi connectivity index (χ4v) is 8.39. The van der Waals surface area contributed by atoms with Gasteiger partial charge < -0.3 is 14.6 Å². The second kappa shape index (κ2) is 5.70. The summed E-state index contributed by atoms with van der Waals surface area (Å²) in [5.41, 5.74) is 0.754. The van der Waals surface area contributed by atoms with Crippen molar-refractivity contribution in [3.8, 4) is 0 Å². The Morgan fingerprint density at radius 2 is 1.89 bits per heavy atom. The first-order chi connectivity index (χ1) is 13.0. The molecule has 1 saturated heterocycles. The van der Waals surface area contributed by atoms with Crippen molar-refractivity contribution in [1.29, 1.82) is 0 Å². The van der Waals surface area contributed by atoms with Gasteiger partial charge in [-0.1, -0.05) is 25.5 Å². The van der Waals surface area contributed by atoms with E-state index in [1.54, 1.807) is 6.92 Å². The maximum Gasteiger partial charge on any atom is 0.164 e. The van der Waals surface area contributed by atoms with E-state index in [-0.39, 0.29) is 28.8 Å². The van der Waals surface area contributed by atoms with Crippen LogP contribution >= 0.6 is 0 Å². The number of hydrogen-bond donors (Lipinski definition) is 1. The highest BCUT2D eigenvalue weighted by atomic mass is 16.8. The van der Waals surface area contributed by atoms with Crippen molar-refractivity contribution in [2.45, 2.75) is 103 Å². The monoisotopic (exact) mass is 388 g/mol. The molecule has 0 bridgehead atoms. The molecule has 0 spiro atoms. The van der Waals surface area contributed by atoms with Crippen LogP contribution in [0.2, 0.25) is 0 Å². The van der Waals surface area contributed by atoms with E-state index in [1.165, 1.54) is 5.57 Å². The van der Waals surface area contributed by atoms with Gasteiger partial charge in [-0.3, -0.25) is 4.79 Å². The third-order valence-electron chi connectivity index (χ3n) is 9.59. The minimum absolute atomic E-state index is 0.125. The first-order valence-corrected chi connectivity index (χ1v) is 11.3. The Bertz CT molecular complexity index is 741. The van der Waals surface area contributed by atoms with Gasteiger partial charge in [0.15, 0.2) is 17.2 Å². The van der Waals surface area contributed by atoms with Gasteiger partial charge >= 0.3 is 0 Å². The average molecular weight is 389 g/mol. The number of allylic oxidation sites excluding steroid dienone is 1. The van der Waals surface area contributed by atoms with E-state index >= 15 is 0 Å². The highest BCUT2D eigenvalue weighted by molar-refractivity contribution is 5.88. The van der Waals surface area contributed by atoms with Crippen molar-refractivity contribution in [3.05, 3.63) is 11.6 Å². The summed E-state index contributed by atoms with van der Waals surface area (Å²) >= 11 is 0. The summed E-state index contributed by atoms with van der Waals surface area (Å²) in [6, 6.07) is 0. The van der Waals surface area contributed by atoms with Crippen molar-refractivity contribution in [2.75, 3.05) is 0 Å². The van der Waals surface area contributed by atoms with Crippen molar-refractivity contribution in [1.82, 2.24) is 0 Å². The Labute approximate surface area is 169 Å². The van der Waals surface area contributed by atoms with Gasteiger partial charge in [0, 0.05) is 5.41 Å². The molecule has 1 heterocycles. The van der Waals surface area contributed by atoms with E-state index < -0.39 is 11.4 Å². The molecule has 156 valence electrons. The van der Waals surface area contributed by atoms with Crippen molar-refractivity contribution >= 4 is 5.78 Å². The second-order valence-corrected chi connectivity index (χ2v) is 11.2. The van der Waals surface area contributed by atoms with Crippen LogP contribution in [0, 0.1) is 28.6 Å². The molecule has 8 unspecified atom stereocenters. The normalized spacial score (nSPS) is 54.2. The molecule has 1 N–H and O–H groups in total. The Morgan fingerprint density at radius 1 is 1.14 bits per heavy atom. The first-order valence-electron chi connectivity index (χ1n) is 11.3. The molecule has 0 amide bonds. The van der Waals surface area contributed by atoms with E-state index in [0.717, 1.165) is 44.9 Å². The van der Waals surface area contributed by atoms with E-state index in [9.17, 15) is 9.90 Å². The van der Waals surface area contributed by atoms with Crippen LogP contribution in [0.1, 0.15) is 79.6 Å². The molecule has 0 radical (unpaired) electrons. The fourth-order valence-electron chi connectivity index (χ4n) is 8.39. The lowest BCUT2D eigenvalue weighted by Crippen LogP contribution is -2.59. The molecule has 4 fully saturated rings. The summed E-state index contributed by atoms with van der Waals surface area (Å²) in [6.45, 7) is 10.4. The molecule has 8 atom stereocenters. The molecule has 0 aromatic rings. The van der Waals surface area contributed by atoms with Crippen LogP contribution in [0.5, 0.6) is 0 Å². The molecule has 1 aliphatic heterocycles.